The van der Waals surface area contributed by atoms with Crippen LogP contribution < -0.4 is 14.8 Å². The van der Waals surface area contributed by atoms with Crippen molar-refractivity contribution in [3.05, 3.63) is 53.9 Å². The van der Waals surface area contributed by atoms with E-state index in [0.29, 0.717) is 23.0 Å². The summed E-state index contributed by atoms with van der Waals surface area (Å²) in [5, 5.41) is 3.23. The van der Waals surface area contributed by atoms with Crippen molar-refractivity contribution < 1.29 is 14.3 Å². The standard InChI is InChI=1S/C22H30N4O3/c1-25(2)13-17-14-26(12-16-7-6-10-23-11-16)15-19(17)24-22(27)18-8-5-9-20(28-3)21(18)29-4/h5-11,17,19H,12-15H2,1-4H3,(H,24,27)/t17-,19-/m1/s1. The normalized spacial score (nSPS) is 19.3. The molecule has 2 heterocycles. The molecule has 0 saturated carbocycles. The number of benzene rings is 1. The molecule has 0 spiro atoms. The smallest absolute Gasteiger partial charge is 0.255 e. The van der Waals surface area contributed by atoms with Gasteiger partial charge >= 0.3 is 0 Å². The fraction of sp³-hybridized carbons (Fsp3) is 0.455. The zero-order chi connectivity index (χ0) is 20.8. The van der Waals surface area contributed by atoms with E-state index in [1.807, 2.05) is 12.3 Å². The lowest BCUT2D eigenvalue weighted by molar-refractivity contribution is 0.0923. The third kappa shape index (κ3) is 5.25. The Balaban J connectivity index is 1.74. The summed E-state index contributed by atoms with van der Waals surface area (Å²) in [7, 11) is 7.25. The average Bonchev–Trinajstić information content (AvgIpc) is 3.07. The van der Waals surface area contributed by atoms with Gasteiger partial charge in [0.05, 0.1) is 19.8 Å². The van der Waals surface area contributed by atoms with E-state index in [-0.39, 0.29) is 11.9 Å². The molecule has 0 radical (unpaired) electrons. The minimum Gasteiger partial charge on any atom is -0.493 e. The van der Waals surface area contributed by atoms with Crippen LogP contribution in [0, 0.1) is 5.92 Å². The first-order valence-corrected chi connectivity index (χ1v) is 9.79. The molecule has 3 rings (SSSR count). The molecule has 1 saturated heterocycles. The molecule has 7 nitrogen and oxygen atoms in total. The summed E-state index contributed by atoms with van der Waals surface area (Å²) in [6.07, 6.45) is 3.68. The van der Waals surface area contributed by atoms with Gasteiger partial charge in [0.15, 0.2) is 11.5 Å². The highest BCUT2D eigenvalue weighted by Crippen LogP contribution is 2.31. The van der Waals surface area contributed by atoms with E-state index in [4.69, 9.17) is 9.47 Å². The second-order valence-electron chi connectivity index (χ2n) is 7.70. The summed E-state index contributed by atoms with van der Waals surface area (Å²) >= 11 is 0. The van der Waals surface area contributed by atoms with Crippen molar-refractivity contribution >= 4 is 5.91 Å². The van der Waals surface area contributed by atoms with Gasteiger partial charge < -0.3 is 19.7 Å². The third-order valence-corrected chi connectivity index (χ3v) is 5.21. The van der Waals surface area contributed by atoms with E-state index in [1.54, 1.807) is 38.6 Å². The fourth-order valence-corrected chi connectivity index (χ4v) is 3.97. The lowest BCUT2D eigenvalue weighted by atomic mass is 10.0. The molecular formula is C22H30N4O3. The average molecular weight is 399 g/mol. The van der Waals surface area contributed by atoms with Crippen molar-refractivity contribution in [1.29, 1.82) is 0 Å². The van der Waals surface area contributed by atoms with E-state index in [9.17, 15) is 4.79 Å². The number of nitrogens with one attached hydrogen (secondary N) is 1. The summed E-state index contributed by atoms with van der Waals surface area (Å²) in [5.74, 6) is 1.21. The Hall–Kier alpha value is -2.64. The Morgan fingerprint density at radius 1 is 1.21 bits per heavy atom. The number of likely N-dealkylation sites (tertiary alicyclic amines) is 1. The lowest BCUT2D eigenvalue weighted by Gasteiger charge is -2.23. The Bertz CT molecular complexity index is 813. The molecule has 1 aromatic carbocycles. The maximum Gasteiger partial charge on any atom is 0.255 e. The van der Waals surface area contributed by atoms with Gasteiger partial charge in [-0.25, -0.2) is 0 Å². The number of rotatable bonds is 8. The molecule has 1 aliphatic rings. The molecule has 1 aliphatic heterocycles. The van der Waals surface area contributed by atoms with E-state index in [2.05, 4.69) is 40.3 Å². The van der Waals surface area contributed by atoms with Crippen LogP contribution in [0.3, 0.4) is 0 Å². The van der Waals surface area contributed by atoms with E-state index in [0.717, 1.165) is 26.2 Å². The molecule has 0 aliphatic carbocycles. The maximum atomic E-state index is 13.1. The second kappa shape index (κ2) is 9.71. The van der Waals surface area contributed by atoms with Crippen molar-refractivity contribution in [2.24, 2.45) is 5.92 Å². The molecule has 2 atom stereocenters. The highest BCUT2D eigenvalue weighted by atomic mass is 16.5. The van der Waals surface area contributed by atoms with Crippen LogP contribution in [-0.4, -0.2) is 74.7 Å². The van der Waals surface area contributed by atoms with Crippen LogP contribution in [-0.2, 0) is 6.54 Å². The number of amides is 1. The summed E-state index contributed by atoms with van der Waals surface area (Å²) in [6.45, 7) is 3.45. The van der Waals surface area contributed by atoms with Crippen molar-refractivity contribution in [2.75, 3.05) is 47.9 Å². The fourth-order valence-electron chi connectivity index (χ4n) is 3.97. The van der Waals surface area contributed by atoms with Crippen molar-refractivity contribution in [1.82, 2.24) is 20.1 Å². The predicted molar refractivity (Wildman–Crippen MR) is 112 cm³/mol. The van der Waals surface area contributed by atoms with Gasteiger partial charge in [-0.3, -0.25) is 14.7 Å². The number of nitrogens with zero attached hydrogens (tertiary/aromatic N) is 3. The molecule has 1 fully saturated rings. The van der Waals surface area contributed by atoms with Crippen LogP contribution in [0.1, 0.15) is 15.9 Å². The van der Waals surface area contributed by atoms with Crippen LogP contribution in [0.4, 0.5) is 0 Å². The molecule has 7 heteroatoms. The van der Waals surface area contributed by atoms with Gasteiger partial charge in [-0.05, 0) is 37.9 Å². The van der Waals surface area contributed by atoms with Gasteiger partial charge in [-0.15, -0.1) is 0 Å². The van der Waals surface area contributed by atoms with Crippen molar-refractivity contribution in [3.63, 3.8) is 0 Å². The first-order chi connectivity index (χ1) is 14.0. The van der Waals surface area contributed by atoms with Crippen LogP contribution in [0.25, 0.3) is 0 Å². The summed E-state index contributed by atoms with van der Waals surface area (Å²) in [6, 6.07) is 9.45. The quantitative estimate of drug-likeness (QED) is 0.733. The molecule has 29 heavy (non-hydrogen) atoms. The first-order valence-electron chi connectivity index (χ1n) is 9.79. The Morgan fingerprint density at radius 3 is 2.69 bits per heavy atom. The number of para-hydroxylation sites is 1. The minimum absolute atomic E-state index is 0.0532. The van der Waals surface area contributed by atoms with E-state index >= 15 is 0 Å². The van der Waals surface area contributed by atoms with Gasteiger partial charge in [-0.2, -0.15) is 0 Å². The minimum atomic E-state index is -0.141. The van der Waals surface area contributed by atoms with Gasteiger partial charge in [-0.1, -0.05) is 12.1 Å². The van der Waals surface area contributed by atoms with Gasteiger partial charge in [0.2, 0.25) is 0 Å². The van der Waals surface area contributed by atoms with Crippen LogP contribution in [0.2, 0.25) is 0 Å². The SMILES string of the molecule is COc1cccc(C(=O)N[C@@H]2CN(Cc3cccnc3)C[C@H]2CN(C)C)c1OC. The number of hydrogen-bond donors (Lipinski definition) is 1. The highest BCUT2D eigenvalue weighted by Gasteiger charge is 2.34. The largest absolute Gasteiger partial charge is 0.493 e. The zero-order valence-corrected chi connectivity index (χ0v) is 17.6. The summed E-state index contributed by atoms with van der Waals surface area (Å²) < 4.78 is 10.8. The van der Waals surface area contributed by atoms with Gasteiger partial charge in [0.1, 0.15) is 0 Å². The van der Waals surface area contributed by atoms with Crippen molar-refractivity contribution in [2.45, 2.75) is 12.6 Å². The number of aromatic nitrogens is 1. The Morgan fingerprint density at radius 2 is 2.03 bits per heavy atom. The summed E-state index contributed by atoms with van der Waals surface area (Å²) in [5.41, 5.74) is 1.67. The Kier molecular flexibility index (Phi) is 7.06. The monoisotopic (exact) mass is 398 g/mol. The Labute approximate surface area is 172 Å². The zero-order valence-electron chi connectivity index (χ0n) is 17.6. The third-order valence-electron chi connectivity index (χ3n) is 5.21. The molecule has 1 aromatic heterocycles. The first kappa shape index (κ1) is 21.1. The van der Waals surface area contributed by atoms with Gasteiger partial charge in [0.25, 0.3) is 5.91 Å². The van der Waals surface area contributed by atoms with E-state index < -0.39 is 0 Å². The number of carbonyl (C=O) groups is 1. The molecule has 156 valence electrons. The van der Waals surface area contributed by atoms with E-state index in [1.165, 1.54) is 5.56 Å². The van der Waals surface area contributed by atoms with Crippen LogP contribution in [0.5, 0.6) is 11.5 Å². The molecular weight excluding hydrogens is 368 g/mol. The molecule has 2 aromatic rings. The van der Waals surface area contributed by atoms with Crippen LogP contribution >= 0.6 is 0 Å². The number of pyridine rings is 1. The molecule has 0 unspecified atom stereocenters. The number of ether oxygens (including phenoxy) is 2. The maximum absolute atomic E-state index is 13.1. The molecule has 0 bridgehead atoms. The molecule has 1 N–H and O–H groups in total. The number of carbonyl (C=O) groups excluding carboxylic acids is 1. The highest BCUT2D eigenvalue weighted by molar-refractivity contribution is 5.98. The van der Waals surface area contributed by atoms with Gasteiger partial charge in [0, 0.05) is 50.5 Å². The topological polar surface area (TPSA) is 66.9 Å². The predicted octanol–water partition coefficient (Wildman–Crippen LogP) is 1.89. The molecule has 1 amide bonds. The van der Waals surface area contributed by atoms with Crippen LogP contribution in [0.15, 0.2) is 42.7 Å². The number of hydrogen-bond acceptors (Lipinski definition) is 6. The lowest BCUT2D eigenvalue weighted by Crippen LogP contribution is -2.43. The second-order valence-corrected chi connectivity index (χ2v) is 7.70. The number of methoxy groups -OCH3 is 2. The summed E-state index contributed by atoms with van der Waals surface area (Å²) in [4.78, 5) is 21.8. The van der Waals surface area contributed by atoms with Crippen molar-refractivity contribution in [3.8, 4) is 11.5 Å².